The Bertz CT molecular complexity index is 1360. The number of halogens is 2. The average molecular weight is 518 g/mol. The lowest BCUT2D eigenvalue weighted by atomic mass is 9.96. The van der Waals surface area contributed by atoms with Crippen molar-refractivity contribution < 1.29 is 9.53 Å². The lowest BCUT2D eigenvalue weighted by Crippen LogP contribution is -2.39. The van der Waals surface area contributed by atoms with Crippen LogP contribution in [0.5, 0.6) is 0 Å². The normalized spacial score (nSPS) is 16.1. The molecule has 1 atom stereocenters. The summed E-state index contributed by atoms with van der Waals surface area (Å²) in [6.45, 7) is 3.75. The third kappa shape index (κ3) is 4.31. The van der Waals surface area contributed by atoms with Gasteiger partial charge in [-0.2, -0.15) is 0 Å². The second-order valence-corrected chi connectivity index (χ2v) is 9.27. The van der Waals surface area contributed by atoms with Gasteiger partial charge in [-0.25, -0.2) is 9.79 Å². The molecule has 4 rings (SSSR count). The summed E-state index contributed by atoms with van der Waals surface area (Å²) in [7, 11) is 0. The molecule has 1 aromatic heterocycles. The van der Waals surface area contributed by atoms with E-state index in [9.17, 15) is 9.59 Å². The van der Waals surface area contributed by atoms with Crippen molar-refractivity contribution in [3.63, 3.8) is 0 Å². The van der Waals surface area contributed by atoms with E-state index in [1.165, 1.54) is 11.3 Å². The first-order valence-electron chi connectivity index (χ1n) is 9.59. The third-order valence-electron chi connectivity index (χ3n) is 4.87. The predicted molar refractivity (Wildman–Crippen MR) is 126 cm³/mol. The summed E-state index contributed by atoms with van der Waals surface area (Å²) < 4.78 is 8.36. The van der Waals surface area contributed by atoms with Crippen LogP contribution in [0.15, 0.2) is 74.1 Å². The summed E-state index contributed by atoms with van der Waals surface area (Å²) in [6.07, 6.45) is 1.83. The van der Waals surface area contributed by atoms with Crippen molar-refractivity contribution >= 4 is 50.9 Å². The van der Waals surface area contributed by atoms with Crippen LogP contribution in [-0.4, -0.2) is 17.1 Å². The molecule has 0 saturated heterocycles. The van der Waals surface area contributed by atoms with E-state index in [4.69, 9.17) is 16.3 Å². The van der Waals surface area contributed by atoms with Gasteiger partial charge in [0.2, 0.25) is 0 Å². The molecule has 0 saturated carbocycles. The molecule has 0 aliphatic carbocycles. The quantitative estimate of drug-likeness (QED) is 0.487. The zero-order valence-corrected chi connectivity index (χ0v) is 19.9. The first-order chi connectivity index (χ1) is 14.9. The van der Waals surface area contributed by atoms with E-state index in [1.807, 2.05) is 42.5 Å². The molecule has 3 aromatic rings. The fraction of sp³-hybridized carbons (Fsp3) is 0.174. The van der Waals surface area contributed by atoms with Crippen LogP contribution in [0.25, 0.3) is 6.08 Å². The van der Waals surface area contributed by atoms with Crippen LogP contribution in [0.2, 0.25) is 5.02 Å². The maximum absolute atomic E-state index is 13.4. The molecule has 2 aromatic carbocycles. The smallest absolute Gasteiger partial charge is 0.338 e. The van der Waals surface area contributed by atoms with Crippen LogP contribution in [0.1, 0.15) is 31.0 Å². The molecule has 0 N–H and O–H groups in total. The maximum atomic E-state index is 13.4. The molecular formula is C23H18BrClN2O3S. The topological polar surface area (TPSA) is 60.7 Å². The molecule has 5 nitrogen and oxygen atoms in total. The Hall–Kier alpha value is -2.48. The Morgan fingerprint density at radius 3 is 2.55 bits per heavy atom. The van der Waals surface area contributed by atoms with Crippen LogP contribution in [-0.2, 0) is 9.53 Å². The van der Waals surface area contributed by atoms with Gasteiger partial charge >= 0.3 is 5.97 Å². The molecule has 1 aliphatic rings. The van der Waals surface area contributed by atoms with Gasteiger partial charge in [0.25, 0.3) is 5.56 Å². The molecule has 158 valence electrons. The Balaban J connectivity index is 1.94. The lowest BCUT2D eigenvalue weighted by Gasteiger charge is -2.24. The van der Waals surface area contributed by atoms with Crippen molar-refractivity contribution in [3.8, 4) is 0 Å². The Kier molecular flexibility index (Phi) is 6.27. The van der Waals surface area contributed by atoms with E-state index in [-0.39, 0.29) is 12.2 Å². The molecule has 0 spiro atoms. The zero-order valence-electron chi connectivity index (χ0n) is 16.8. The summed E-state index contributed by atoms with van der Waals surface area (Å²) in [4.78, 5) is 31.4. The highest BCUT2D eigenvalue weighted by Gasteiger charge is 2.33. The molecule has 31 heavy (non-hydrogen) atoms. The van der Waals surface area contributed by atoms with Gasteiger partial charge in [-0.1, -0.05) is 63.1 Å². The van der Waals surface area contributed by atoms with Gasteiger partial charge in [-0.15, -0.1) is 0 Å². The second-order valence-electron chi connectivity index (χ2n) is 6.91. The van der Waals surface area contributed by atoms with E-state index in [1.54, 1.807) is 30.5 Å². The Morgan fingerprint density at radius 1 is 1.23 bits per heavy atom. The summed E-state index contributed by atoms with van der Waals surface area (Å²) in [6, 6.07) is 14.2. The molecule has 0 radical (unpaired) electrons. The van der Waals surface area contributed by atoms with Crippen molar-refractivity contribution in [1.82, 2.24) is 4.57 Å². The first-order valence-corrected chi connectivity index (χ1v) is 11.6. The van der Waals surface area contributed by atoms with E-state index >= 15 is 0 Å². The number of allylic oxidation sites excluding steroid dienone is 1. The molecule has 8 heteroatoms. The number of hydrogen-bond donors (Lipinski definition) is 0. The highest BCUT2D eigenvalue weighted by Crippen LogP contribution is 2.31. The summed E-state index contributed by atoms with van der Waals surface area (Å²) in [5, 5.41) is 0.574. The summed E-state index contributed by atoms with van der Waals surface area (Å²) in [5.74, 6) is -0.481. The molecule has 1 aliphatic heterocycles. The Morgan fingerprint density at radius 2 is 1.90 bits per heavy atom. The van der Waals surface area contributed by atoms with Crippen LogP contribution in [0.4, 0.5) is 0 Å². The van der Waals surface area contributed by atoms with Crippen molar-refractivity contribution in [2.75, 3.05) is 6.61 Å². The lowest BCUT2D eigenvalue weighted by molar-refractivity contribution is -0.139. The number of fused-ring (bicyclic) bond motifs is 1. The second kappa shape index (κ2) is 8.94. The van der Waals surface area contributed by atoms with E-state index in [2.05, 4.69) is 20.9 Å². The SMILES string of the molecule is CCOC(=O)C1=C(C)N=c2s/c(=C\c3ccc(Br)cc3)c(=O)n2C1c1ccc(Cl)cc1. The zero-order chi connectivity index (χ0) is 22.1. The van der Waals surface area contributed by atoms with Gasteiger partial charge in [-0.05, 0) is 55.3 Å². The van der Waals surface area contributed by atoms with Crippen LogP contribution < -0.4 is 14.9 Å². The van der Waals surface area contributed by atoms with E-state index in [0.717, 1.165) is 15.6 Å². The number of thiazole rings is 1. The minimum Gasteiger partial charge on any atom is -0.463 e. The van der Waals surface area contributed by atoms with Gasteiger partial charge in [0.05, 0.1) is 28.5 Å². The highest BCUT2D eigenvalue weighted by molar-refractivity contribution is 9.10. The first kappa shape index (κ1) is 21.7. The monoisotopic (exact) mass is 516 g/mol. The van der Waals surface area contributed by atoms with Gasteiger partial charge in [0.15, 0.2) is 4.80 Å². The average Bonchev–Trinajstić information content (AvgIpc) is 3.04. The Labute approximate surface area is 196 Å². The van der Waals surface area contributed by atoms with Crippen molar-refractivity contribution in [2.45, 2.75) is 19.9 Å². The van der Waals surface area contributed by atoms with Crippen molar-refractivity contribution in [3.05, 3.63) is 100 Å². The summed E-state index contributed by atoms with van der Waals surface area (Å²) in [5.41, 5.74) is 2.35. The van der Waals surface area contributed by atoms with E-state index < -0.39 is 12.0 Å². The summed E-state index contributed by atoms with van der Waals surface area (Å²) >= 11 is 10.8. The predicted octanol–water partition coefficient (Wildman–Crippen LogP) is 4.21. The third-order valence-corrected chi connectivity index (χ3v) is 6.63. The van der Waals surface area contributed by atoms with Crippen molar-refractivity contribution in [2.24, 2.45) is 4.99 Å². The fourth-order valence-electron chi connectivity index (χ4n) is 3.46. The standard InChI is InChI=1S/C23H18BrClN2O3S/c1-3-30-22(29)19-13(2)26-23-27(20(19)15-6-10-17(25)11-7-15)21(28)18(31-23)12-14-4-8-16(24)9-5-14/h4-12,20H,3H2,1-2H3/b18-12-. The fourth-order valence-corrected chi connectivity index (χ4v) is 4.90. The number of nitrogens with zero attached hydrogens (tertiary/aromatic N) is 2. The number of rotatable bonds is 4. The van der Waals surface area contributed by atoms with Gasteiger partial charge < -0.3 is 4.74 Å². The number of hydrogen-bond acceptors (Lipinski definition) is 5. The highest BCUT2D eigenvalue weighted by atomic mass is 79.9. The molecule has 0 bridgehead atoms. The van der Waals surface area contributed by atoms with Gasteiger partial charge in [0.1, 0.15) is 0 Å². The molecule has 0 amide bonds. The van der Waals surface area contributed by atoms with Crippen LogP contribution >= 0.6 is 38.9 Å². The molecular weight excluding hydrogens is 500 g/mol. The van der Waals surface area contributed by atoms with Crippen LogP contribution in [0.3, 0.4) is 0 Å². The molecule has 2 heterocycles. The minimum absolute atomic E-state index is 0.207. The number of aromatic nitrogens is 1. The number of carbonyl (C=O) groups is 1. The van der Waals surface area contributed by atoms with Crippen molar-refractivity contribution in [1.29, 1.82) is 0 Å². The van der Waals surface area contributed by atoms with E-state index in [0.29, 0.717) is 25.6 Å². The minimum atomic E-state index is -0.639. The maximum Gasteiger partial charge on any atom is 0.338 e. The number of benzene rings is 2. The molecule has 0 fully saturated rings. The molecule has 1 unspecified atom stereocenters. The van der Waals surface area contributed by atoms with Crippen LogP contribution in [0, 0.1) is 0 Å². The number of carbonyl (C=O) groups excluding carboxylic acids is 1. The largest absolute Gasteiger partial charge is 0.463 e. The van der Waals surface area contributed by atoms with Gasteiger partial charge in [0, 0.05) is 9.50 Å². The number of esters is 1. The number of ether oxygens (including phenoxy) is 1. The van der Waals surface area contributed by atoms with Gasteiger partial charge in [-0.3, -0.25) is 9.36 Å².